The Morgan fingerprint density at radius 2 is 2.15 bits per heavy atom. The maximum atomic E-state index is 11.7. The van der Waals surface area contributed by atoms with Gasteiger partial charge in [-0.15, -0.1) is 0 Å². The van der Waals surface area contributed by atoms with Crippen LogP contribution in [0.1, 0.15) is 19.5 Å². The molecule has 0 saturated carbocycles. The number of likely N-dealkylation sites (N-methyl/N-ethyl adjacent to an activating group) is 1. The van der Waals surface area contributed by atoms with Gasteiger partial charge < -0.3 is 10.2 Å². The Hall–Kier alpha value is -1.96. The molecule has 20 heavy (non-hydrogen) atoms. The van der Waals surface area contributed by atoms with Crippen molar-refractivity contribution in [2.45, 2.75) is 27.3 Å². The zero-order valence-electron chi connectivity index (χ0n) is 12.1. The van der Waals surface area contributed by atoms with Crippen LogP contribution in [-0.2, 0) is 11.3 Å². The zero-order chi connectivity index (χ0) is 15.1. The zero-order valence-corrected chi connectivity index (χ0v) is 12.1. The van der Waals surface area contributed by atoms with E-state index < -0.39 is 4.92 Å². The number of nitrogens with zero attached hydrogens (tertiary/aromatic N) is 4. The van der Waals surface area contributed by atoms with E-state index in [0.717, 1.165) is 19.6 Å². The van der Waals surface area contributed by atoms with Gasteiger partial charge in [-0.3, -0.25) is 19.6 Å². The number of rotatable bonds is 8. The summed E-state index contributed by atoms with van der Waals surface area (Å²) >= 11 is 0. The average molecular weight is 283 g/mol. The molecule has 1 aromatic rings. The molecule has 0 saturated heterocycles. The minimum Gasteiger partial charge on any atom is -0.353 e. The molecule has 0 aliphatic heterocycles. The van der Waals surface area contributed by atoms with Gasteiger partial charge in [-0.05, 0) is 20.0 Å². The Labute approximate surface area is 117 Å². The fourth-order valence-electron chi connectivity index (χ4n) is 1.86. The second-order valence-corrected chi connectivity index (χ2v) is 4.43. The van der Waals surface area contributed by atoms with Gasteiger partial charge in [-0.25, -0.2) is 0 Å². The predicted octanol–water partition coefficient (Wildman–Crippen LogP) is 0.558. The Bertz CT molecular complexity index is 468. The molecule has 0 aromatic carbocycles. The molecule has 1 amide bonds. The number of amides is 1. The standard InChI is InChI=1S/C12H21N5O3/c1-4-15(5-2)7-6-13-12(18)9-16-8-11(17(19)20)10(3)14-16/h8H,4-7,9H2,1-3H3,(H,13,18). The van der Waals surface area contributed by atoms with Crippen LogP contribution in [0.25, 0.3) is 0 Å². The number of carbonyl (C=O) groups excluding carboxylic acids is 1. The van der Waals surface area contributed by atoms with Gasteiger partial charge in [0.2, 0.25) is 5.91 Å². The molecular weight excluding hydrogens is 262 g/mol. The summed E-state index contributed by atoms with van der Waals surface area (Å²) in [6.45, 7) is 8.90. The summed E-state index contributed by atoms with van der Waals surface area (Å²) in [6, 6.07) is 0. The molecule has 8 nitrogen and oxygen atoms in total. The summed E-state index contributed by atoms with van der Waals surface area (Å²) in [5.74, 6) is -0.199. The molecule has 0 aliphatic carbocycles. The normalized spacial score (nSPS) is 10.8. The van der Waals surface area contributed by atoms with Crippen molar-refractivity contribution in [3.63, 3.8) is 0 Å². The molecule has 0 spiro atoms. The van der Waals surface area contributed by atoms with Gasteiger partial charge in [0.1, 0.15) is 18.4 Å². The van der Waals surface area contributed by atoms with Crippen molar-refractivity contribution in [3.05, 3.63) is 22.0 Å². The van der Waals surface area contributed by atoms with Crippen molar-refractivity contribution in [2.75, 3.05) is 26.2 Å². The van der Waals surface area contributed by atoms with Gasteiger partial charge in [0.05, 0.1) is 4.92 Å². The third-order valence-electron chi connectivity index (χ3n) is 3.07. The minimum atomic E-state index is -0.503. The number of carbonyl (C=O) groups is 1. The van der Waals surface area contributed by atoms with Crippen LogP contribution >= 0.6 is 0 Å². The van der Waals surface area contributed by atoms with Crippen molar-refractivity contribution < 1.29 is 9.72 Å². The molecular formula is C12H21N5O3. The summed E-state index contributed by atoms with van der Waals surface area (Å²) in [5, 5.41) is 17.4. The number of aryl methyl sites for hydroxylation is 1. The third-order valence-corrected chi connectivity index (χ3v) is 3.07. The van der Waals surface area contributed by atoms with E-state index in [9.17, 15) is 14.9 Å². The lowest BCUT2D eigenvalue weighted by Crippen LogP contribution is -2.36. The van der Waals surface area contributed by atoms with Gasteiger partial charge >= 0.3 is 5.69 Å². The lowest BCUT2D eigenvalue weighted by molar-refractivity contribution is -0.385. The largest absolute Gasteiger partial charge is 0.353 e. The van der Waals surface area contributed by atoms with E-state index >= 15 is 0 Å². The molecule has 0 bridgehead atoms. The van der Waals surface area contributed by atoms with Gasteiger partial charge in [-0.2, -0.15) is 5.10 Å². The van der Waals surface area contributed by atoms with E-state index in [-0.39, 0.29) is 18.1 Å². The van der Waals surface area contributed by atoms with Crippen molar-refractivity contribution in [2.24, 2.45) is 0 Å². The topological polar surface area (TPSA) is 93.3 Å². The number of aromatic nitrogens is 2. The third kappa shape index (κ3) is 4.61. The minimum absolute atomic E-state index is 0.00701. The monoisotopic (exact) mass is 283 g/mol. The summed E-state index contributed by atoms with van der Waals surface area (Å²) in [5.41, 5.74) is 0.242. The molecule has 0 radical (unpaired) electrons. The molecule has 0 atom stereocenters. The summed E-state index contributed by atoms with van der Waals surface area (Å²) in [7, 11) is 0. The van der Waals surface area contributed by atoms with Crippen LogP contribution in [0.2, 0.25) is 0 Å². The van der Waals surface area contributed by atoms with Crippen molar-refractivity contribution >= 4 is 11.6 Å². The Balaban J connectivity index is 2.43. The highest BCUT2D eigenvalue weighted by molar-refractivity contribution is 5.75. The Morgan fingerprint density at radius 1 is 1.50 bits per heavy atom. The van der Waals surface area contributed by atoms with Crippen LogP contribution in [0, 0.1) is 17.0 Å². The highest BCUT2D eigenvalue weighted by Gasteiger charge is 2.16. The molecule has 1 rings (SSSR count). The van der Waals surface area contributed by atoms with Gasteiger partial charge in [0.15, 0.2) is 0 Å². The Kier molecular flexibility index (Phi) is 6.10. The number of nitro groups is 1. The second-order valence-electron chi connectivity index (χ2n) is 4.43. The van der Waals surface area contributed by atoms with Crippen molar-refractivity contribution in [3.8, 4) is 0 Å². The first-order valence-corrected chi connectivity index (χ1v) is 6.65. The molecule has 112 valence electrons. The van der Waals surface area contributed by atoms with E-state index in [1.165, 1.54) is 10.9 Å². The molecule has 0 unspecified atom stereocenters. The van der Waals surface area contributed by atoms with E-state index in [0.29, 0.717) is 12.2 Å². The summed E-state index contributed by atoms with van der Waals surface area (Å²) in [6.07, 6.45) is 1.28. The van der Waals surface area contributed by atoms with Gasteiger partial charge in [0, 0.05) is 13.1 Å². The highest BCUT2D eigenvalue weighted by atomic mass is 16.6. The quantitative estimate of drug-likeness (QED) is 0.555. The van der Waals surface area contributed by atoms with E-state index in [4.69, 9.17) is 0 Å². The lowest BCUT2D eigenvalue weighted by atomic mass is 10.4. The number of hydrogen-bond donors (Lipinski definition) is 1. The Morgan fingerprint density at radius 3 is 2.65 bits per heavy atom. The van der Waals surface area contributed by atoms with Gasteiger partial charge in [0.25, 0.3) is 0 Å². The maximum absolute atomic E-state index is 11.7. The first-order chi connectivity index (χ1) is 9.47. The van der Waals surface area contributed by atoms with E-state index in [1.807, 2.05) is 0 Å². The molecule has 8 heteroatoms. The van der Waals surface area contributed by atoms with Crippen LogP contribution in [-0.4, -0.2) is 51.7 Å². The van der Waals surface area contributed by atoms with Crippen LogP contribution in [0.15, 0.2) is 6.20 Å². The SMILES string of the molecule is CCN(CC)CCNC(=O)Cn1cc([N+](=O)[O-])c(C)n1. The van der Waals surface area contributed by atoms with Gasteiger partial charge in [-0.1, -0.05) is 13.8 Å². The molecule has 1 aromatic heterocycles. The predicted molar refractivity (Wildman–Crippen MR) is 74.4 cm³/mol. The van der Waals surface area contributed by atoms with Crippen molar-refractivity contribution in [1.29, 1.82) is 0 Å². The molecule has 0 fully saturated rings. The fourth-order valence-corrected chi connectivity index (χ4v) is 1.86. The lowest BCUT2D eigenvalue weighted by Gasteiger charge is -2.17. The van der Waals surface area contributed by atoms with Crippen LogP contribution in [0.5, 0.6) is 0 Å². The first-order valence-electron chi connectivity index (χ1n) is 6.65. The molecule has 0 aliphatic rings. The van der Waals surface area contributed by atoms with E-state index in [2.05, 4.69) is 29.2 Å². The average Bonchev–Trinajstić information content (AvgIpc) is 2.75. The number of hydrogen-bond acceptors (Lipinski definition) is 5. The number of nitrogens with one attached hydrogen (secondary N) is 1. The van der Waals surface area contributed by atoms with Crippen LogP contribution < -0.4 is 5.32 Å². The van der Waals surface area contributed by atoms with Crippen LogP contribution in [0.3, 0.4) is 0 Å². The van der Waals surface area contributed by atoms with Crippen LogP contribution in [0.4, 0.5) is 5.69 Å². The molecule has 1 N–H and O–H groups in total. The first kappa shape index (κ1) is 16.1. The van der Waals surface area contributed by atoms with Crippen molar-refractivity contribution in [1.82, 2.24) is 20.0 Å². The smallest absolute Gasteiger partial charge is 0.309 e. The summed E-state index contributed by atoms with van der Waals surface area (Å²) < 4.78 is 1.29. The summed E-state index contributed by atoms with van der Waals surface area (Å²) in [4.78, 5) is 24.1. The molecule has 1 heterocycles. The highest BCUT2D eigenvalue weighted by Crippen LogP contribution is 2.14. The van der Waals surface area contributed by atoms with E-state index in [1.54, 1.807) is 6.92 Å². The second kappa shape index (κ2) is 7.59. The fraction of sp³-hybridized carbons (Fsp3) is 0.667. The maximum Gasteiger partial charge on any atom is 0.309 e.